The zero-order chi connectivity index (χ0) is 20.1. The minimum Gasteiger partial charge on any atom is -0.508 e. The smallest absolute Gasteiger partial charge is 0.317 e. The SMILES string of the molecule is O=C(NCc1cccnc1OC1CCCC1)N1CC=C(c2ccc(O)cc2)CC1. The molecule has 0 saturated heterocycles. The maximum atomic E-state index is 12.6. The van der Waals surface area contributed by atoms with E-state index in [0.29, 0.717) is 25.5 Å². The molecule has 1 saturated carbocycles. The molecule has 1 aliphatic carbocycles. The molecule has 1 aromatic heterocycles. The lowest BCUT2D eigenvalue weighted by molar-refractivity contribution is 0.196. The number of pyridine rings is 1. The normalized spacial score (nSPS) is 17.1. The molecule has 152 valence electrons. The number of nitrogens with one attached hydrogen (secondary N) is 1. The second-order valence-corrected chi connectivity index (χ2v) is 7.62. The molecule has 29 heavy (non-hydrogen) atoms. The average Bonchev–Trinajstić information content (AvgIpc) is 3.27. The Balaban J connectivity index is 1.32. The Kier molecular flexibility index (Phi) is 5.98. The molecule has 0 radical (unpaired) electrons. The summed E-state index contributed by atoms with van der Waals surface area (Å²) in [7, 11) is 0. The molecular weight excluding hydrogens is 366 g/mol. The van der Waals surface area contributed by atoms with Gasteiger partial charge in [0.2, 0.25) is 5.88 Å². The van der Waals surface area contributed by atoms with Crippen molar-refractivity contribution in [2.45, 2.75) is 44.8 Å². The summed E-state index contributed by atoms with van der Waals surface area (Å²) in [6.45, 7) is 1.64. The fraction of sp³-hybridized carbons (Fsp3) is 0.391. The van der Waals surface area contributed by atoms with Crippen LogP contribution in [0, 0.1) is 0 Å². The van der Waals surface area contributed by atoms with Crippen molar-refractivity contribution in [1.29, 1.82) is 0 Å². The third-order valence-corrected chi connectivity index (χ3v) is 5.59. The van der Waals surface area contributed by atoms with Gasteiger partial charge in [-0.1, -0.05) is 24.3 Å². The van der Waals surface area contributed by atoms with E-state index in [1.54, 1.807) is 23.2 Å². The zero-order valence-electron chi connectivity index (χ0n) is 16.5. The summed E-state index contributed by atoms with van der Waals surface area (Å²) in [6, 6.07) is 10.9. The molecule has 0 bridgehead atoms. The number of benzene rings is 1. The van der Waals surface area contributed by atoms with Crippen LogP contribution in [-0.4, -0.2) is 40.2 Å². The van der Waals surface area contributed by atoms with Crippen molar-refractivity contribution in [2.75, 3.05) is 13.1 Å². The number of carbonyl (C=O) groups excluding carboxylic acids is 1. The fourth-order valence-electron chi connectivity index (χ4n) is 3.90. The molecule has 2 aliphatic rings. The summed E-state index contributed by atoms with van der Waals surface area (Å²) < 4.78 is 6.05. The first-order valence-corrected chi connectivity index (χ1v) is 10.3. The van der Waals surface area contributed by atoms with Crippen LogP contribution in [0.5, 0.6) is 11.6 Å². The van der Waals surface area contributed by atoms with Crippen LogP contribution in [0.25, 0.3) is 5.57 Å². The van der Waals surface area contributed by atoms with Crippen molar-refractivity contribution in [3.8, 4) is 11.6 Å². The van der Waals surface area contributed by atoms with Crippen molar-refractivity contribution in [3.05, 3.63) is 59.8 Å². The Morgan fingerprint density at radius 3 is 2.72 bits per heavy atom. The molecule has 2 aromatic rings. The number of aromatic hydroxyl groups is 1. The van der Waals surface area contributed by atoms with Gasteiger partial charge in [0.05, 0.1) is 0 Å². The molecule has 1 aliphatic heterocycles. The predicted molar refractivity (Wildman–Crippen MR) is 112 cm³/mol. The highest BCUT2D eigenvalue weighted by molar-refractivity contribution is 5.76. The Hall–Kier alpha value is -3.02. The lowest BCUT2D eigenvalue weighted by Crippen LogP contribution is -2.41. The highest BCUT2D eigenvalue weighted by atomic mass is 16.5. The van der Waals surface area contributed by atoms with Crippen LogP contribution < -0.4 is 10.1 Å². The first-order chi connectivity index (χ1) is 14.2. The molecular formula is C23H27N3O3. The largest absolute Gasteiger partial charge is 0.508 e. The molecule has 0 unspecified atom stereocenters. The Morgan fingerprint density at radius 1 is 1.21 bits per heavy atom. The molecule has 1 fully saturated rings. The second-order valence-electron chi connectivity index (χ2n) is 7.62. The van der Waals surface area contributed by atoms with Gasteiger partial charge in [0.15, 0.2) is 0 Å². The average molecular weight is 393 g/mol. The van der Waals surface area contributed by atoms with Crippen molar-refractivity contribution in [3.63, 3.8) is 0 Å². The number of amides is 2. The van der Waals surface area contributed by atoms with Crippen molar-refractivity contribution >= 4 is 11.6 Å². The fourth-order valence-corrected chi connectivity index (χ4v) is 3.90. The van der Waals surface area contributed by atoms with Crippen LogP contribution in [0.2, 0.25) is 0 Å². The van der Waals surface area contributed by atoms with Crippen LogP contribution in [-0.2, 0) is 6.54 Å². The van der Waals surface area contributed by atoms with Crippen molar-refractivity contribution in [1.82, 2.24) is 15.2 Å². The van der Waals surface area contributed by atoms with E-state index < -0.39 is 0 Å². The summed E-state index contributed by atoms with van der Waals surface area (Å²) in [6.07, 6.45) is 9.41. The lowest BCUT2D eigenvalue weighted by atomic mass is 9.99. The summed E-state index contributed by atoms with van der Waals surface area (Å²) in [4.78, 5) is 18.8. The Bertz CT molecular complexity index is 873. The summed E-state index contributed by atoms with van der Waals surface area (Å²) in [5, 5.41) is 12.4. The van der Waals surface area contributed by atoms with Crippen LogP contribution in [0.1, 0.15) is 43.2 Å². The lowest BCUT2D eigenvalue weighted by Gasteiger charge is -2.27. The minimum absolute atomic E-state index is 0.0818. The van der Waals surface area contributed by atoms with E-state index in [9.17, 15) is 9.90 Å². The number of carbonyl (C=O) groups is 1. The van der Waals surface area contributed by atoms with Crippen molar-refractivity contribution in [2.24, 2.45) is 0 Å². The highest BCUT2D eigenvalue weighted by Crippen LogP contribution is 2.26. The van der Waals surface area contributed by atoms with Crippen LogP contribution in [0.3, 0.4) is 0 Å². The number of phenols is 1. The van der Waals surface area contributed by atoms with Gasteiger partial charge in [-0.25, -0.2) is 9.78 Å². The van der Waals surface area contributed by atoms with Gasteiger partial charge in [-0.05, 0) is 61.4 Å². The monoisotopic (exact) mass is 393 g/mol. The van der Waals surface area contributed by atoms with E-state index in [0.717, 1.165) is 30.4 Å². The van der Waals surface area contributed by atoms with Gasteiger partial charge < -0.3 is 20.1 Å². The van der Waals surface area contributed by atoms with Gasteiger partial charge in [-0.15, -0.1) is 0 Å². The Labute approximate surface area is 171 Å². The number of nitrogens with zero attached hydrogens (tertiary/aromatic N) is 2. The first-order valence-electron chi connectivity index (χ1n) is 10.3. The topological polar surface area (TPSA) is 74.7 Å². The molecule has 0 atom stereocenters. The maximum absolute atomic E-state index is 12.6. The van der Waals surface area contributed by atoms with E-state index in [-0.39, 0.29) is 17.9 Å². The quantitative estimate of drug-likeness (QED) is 0.802. The van der Waals surface area contributed by atoms with E-state index in [1.807, 2.05) is 24.3 Å². The number of phenolic OH excluding ortho intramolecular Hbond substituents is 1. The van der Waals surface area contributed by atoms with Gasteiger partial charge in [0.25, 0.3) is 0 Å². The number of urea groups is 1. The second kappa shape index (κ2) is 8.99. The molecule has 1 aromatic carbocycles. The van der Waals surface area contributed by atoms with E-state index in [2.05, 4.69) is 16.4 Å². The maximum Gasteiger partial charge on any atom is 0.317 e. The predicted octanol–water partition coefficient (Wildman–Crippen LogP) is 4.11. The van der Waals surface area contributed by atoms with Gasteiger partial charge in [0, 0.05) is 31.4 Å². The van der Waals surface area contributed by atoms with Gasteiger partial charge in [-0.3, -0.25) is 0 Å². The number of rotatable bonds is 5. The summed E-state index contributed by atoms with van der Waals surface area (Å²) in [5.41, 5.74) is 3.20. The molecule has 4 rings (SSSR count). The van der Waals surface area contributed by atoms with Crippen LogP contribution in [0.15, 0.2) is 48.7 Å². The van der Waals surface area contributed by atoms with E-state index >= 15 is 0 Å². The standard InChI is InChI=1S/C23H27N3O3/c27-20-9-7-17(8-10-20)18-11-14-26(15-12-18)23(28)25-16-19-4-3-13-24-22(19)29-21-5-1-2-6-21/h3-4,7-11,13,21,27H,1-2,5-6,12,14-16H2,(H,25,28). The minimum atomic E-state index is -0.0818. The molecule has 2 amide bonds. The van der Waals surface area contributed by atoms with Crippen molar-refractivity contribution < 1.29 is 14.6 Å². The molecule has 2 N–H and O–H groups in total. The third-order valence-electron chi connectivity index (χ3n) is 5.59. The van der Waals surface area contributed by atoms with Crippen LogP contribution in [0.4, 0.5) is 4.79 Å². The number of ether oxygens (including phenoxy) is 1. The Morgan fingerprint density at radius 2 is 2.00 bits per heavy atom. The van der Waals surface area contributed by atoms with Gasteiger partial charge in [-0.2, -0.15) is 0 Å². The van der Waals surface area contributed by atoms with Gasteiger partial charge in [0.1, 0.15) is 11.9 Å². The molecule has 2 heterocycles. The molecule has 0 spiro atoms. The molecule has 6 nitrogen and oxygen atoms in total. The summed E-state index contributed by atoms with van der Waals surface area (Å²) >= 11 is 0. The third kappa shape index (κ3) is 4.88. The number of aromatic nitrogens is 1. The van der Waals surface area contributed by atoms with E-state index in [4.69, 9.17) is 4.74 Å². The first kappa shape index (κ1) is 19.3. The summed E-state index contributed by atoms with van der Waals surface area (Å²) in [5.74, 6) is 0.894. The van der Waals surface area contributed by atoms with Gasteiger partial charge >= 0.3 is 6.03 Å². The zero-order valence-corrected chi connectivity index (χ0v) is 16.5. The number of hydrogen-bond acceptors (Lipinski definition) is 4. The number of hydrogen-bond donors (Lipinski definition) is 2. The van der Waals surface area contributed by atoms with Crippen LogP contribution >= 0.6 is 0 Å². The highest BCUT2D eigenvalue weighted by Gasteiger charge is 2.20. The molecule has 6 heteroatoms. The van der Waals surface area contributed by atoms with E-state index in [1.165, 1.54) is 18.4 Å².